The molecule has 3 N–H and O–H groups in total. The van der Waals surface area contributed by atoms with E-state index in [-0.39, 0.29) is 11.2 Å². The summed E-state index contributed by atoms with van der Waals surface area (Å²) in [6, 6.07) is 17.1. The minimum atomic E-state index is -0.284. The summed E-state index contributed by atoms with van der Waals surface area (Å²) >= 11 is 6.03. The first-order chi connectivity index (χ1) is 15.9. The Labute approximate surface area is 198 Å². The van der Waals surface area contributed by atoms with Crippen LogP contribution < -0.4 is 10.1 Å². The first-order valence-corrected chi connectivity index (χ1v) is 11.1. The number of rotatable bonds is 8. The van der Waals surface area contributed by atoms with Crippen molar-refractivity contribution < 1.29 is 9.84 Å². The van der Waals surface area contributed by atoms with Crippen LogP contribution >= 0.6 is 11.6 Å². The molecule has 7 heteroatoms. The van der Waals surface area contributed by atoms with Crippen molar-refractivity contribution in [1.82, 2.24) is 20.3 Å². The Kier molecular flexibility index (Phi) is 6.67. The molecule has 0 unspecified atom stereocenters. The second-order valence-electron chi connectivity index (χ2n) is 8.55. The molecule has 0 aliphatic carbocycles. The number of phenolic OH excluding ortho intramolecular Hbond substituents is 1. The van der Waals surface area contributed by atoms with Crippen molar-refractivity contribution in [3.8, 4) is 34.0 Å². The van der Waals surface area contributed by atoms with Gasteiger partial charge >= 0.3 is 0 Å². The van der Waals surface area contributed by atoms with Gasteiger partial charge in [-0.15, -0.1) is 0 Å². The van der Waals surface area contributed by atoms with E-state index in [1.807, 2.05) is 36.4 Å². The summed E-state index contributed by atoms with van der Waals surface area (Å²) in [6.45, 7) is 5.71. The number of aromatic nitrogens is 3. The lowest BCUT2D eigenvalue weighted by atomic mass is 9.92. The number of H-pyrrole nitrogens is 1. The monoisotopic (exact) mass is 462 g/mol. The number of imidazole rings is 1. The lowest BCUT2D eigenvalue weighted by Gasteiger charge is -2.23. The van der Waals surface area contributed by atoms with E-state index < -0.39 is 0 Å². The topological polar surface area (TPSA) is 83.1 Å². The highest BCUT2D eigenvalue weighted by Crippen LogP contribution is 2.36. The maximum atomic E-state index is 10.2. The van der Waals surface area contributed by atoms with E-state index in [1.54, 1.807) is 31.6 Å². The molecule has 0 saturated heterocycles. The highest BCUT2D eigenvalue weighted by Gasteiger charge is 2.27. The van der Waals surface area contributed by atoms with Gasteiger partial charge in [-0.25, -0.2) is 4.98 Å². The zero-order valence-corrected chi connectivity index (χ0v) is 19.6. The summed E-state index contributed by atoms with van der Waals surface area (Å²) in [5.74, 6) is 1.72. The van der Waals surface area contributed by atoms with Crippen LogP contribution in [0, 0.1) is 0 Å². The summed E-state index contributed by atoms with van der Waals surface area (Å²) in [5, 5.41) is 14.0. The minimum Gasteiger partial charge on any atom is -0.506 e. The summed E-state index contributed by atoms with van der Waals surface area (Å²) < 4.78 is 5.31. The van der Waals surface area contributed by atoms with Gasteiger partial charge in [0.05, 0.1) is 23.5 Å². The number of halogens is 1. The van der Waals surface area contributed by atoms with Crippen LogP contribution in [0.2, 0.25) is 5.02 Å². The predicted octanol–water partition coefficient (Wildman–Crippen LogP) is 5.57. The SMILES string of the molecule is COc1cccc(CNCC(C)(C)c2nc(-c3ccc(Cl)c(O)c3)c(-c3ccncc3)[nH]2)c1. The Morgan fingerprint density at radius 1 is 1.06 bits per heavy atom. The number of phenols is 1. The molecule has 0 fully saturated rings. The fraction of sp³-hybridized carbons (Fsp3) is 0.231. The number of aromatic amines is 1. The van der Waals surface area contributed by atoms with Gasteiger partial charge in [0.25, 0.3) is 0 Å². The van der Waals surface area contributed by atoms with Crippen LogP contribution in [0.15, 0.2) is 67.0 Å². The van der Waals surface area contributed by atoms with Gasteiger partial charge in [0.2, 0.25) is 0 Å². The summed E-state index contributed by atoms with van der Waals surface area (Å²) in [4.78, 5) is 12.6. The molecular weight excluding hydrogens is 436 g/mol. The third-order valence-corrected chi connectivity index (χ3v) is 5.88. The van der Waals surface area contributed by atoms with Crippen molar-refractivity contribution >= 4 is 11.6 Å². The van der Waals surface area contributed by atoms with Crippen LogP contribution in [0.3, 0.4) is 0 Å². The molecule has 0 aliphatic rings. The molecule has 0 aliphatic heterocycles. The largest absolute Gasteiger partial charge is 0.506 e. The molecule has 6 nitrogen and oxygen atoms in total. The summed E-state index contributed by atoms with van der Waals surface area (Å²) in [6.07, 6.45) is 3.50. The molecule has 0 saturated carbocycles. The van der Waals surface area contributed by atoms with Crippen LogP contribution in [-0.4, -0.2) is 33.7 Å². The van der Waals surface area contributed by atoms with E-state index in [0.717, 1.165) is 46.2 Å². The Morgan fingerprint density at radius 3 is 2.58 bits per heavy atom. The molecule has 4 aromatic rings. The average molecular weight is 463 g/mol. The van der Waals surface area contributed by atoms with E-state index in [4.69, 9.17) is 21.3 Å². The van der Waals surface area contributed by atoms with E-state index in [0.29, 0.717) is 11.6 Å². The third kappa shape index (κ3) is 5.18. The van der Waals surface area contributed by atoms with Gasteiger partial charge in [-0.3, -0.25) is 4.98 Å². The maximum absolute atomic E-state index is 10.2. The van der Waals surface area contributed by atoms with Crippen LogP contribution in [0.5, 0.6) is 11.5 Å². The van der Waals surface area contributed by atoms with E-state index in [9.17, 15) is 5.11 Å². The molecule has 2 aromatic carbocycles. The second kappa shape index (κ2) is 9.65. The molecule has 0 amide bonds. The van der Waals surface area contributed by atoms with E-state index in [2.05, 4.69) is 35.2 Å². The number of nitrogens with one attached hydrogen (secondary N) is 2. The molecule has 2 aromatic heterocycles. The number of pyridine rings is 1. The molecule has 0 bridgehead atoms. The number of methoxy groups -OCH3 is 1. The van der Waals surface area contributed by atoms with Gasteiger partial charge in [0, 0.05) is 42.0 Å². The van der Waals surface area contributed by atoms with Gasteiger partial charge in [-0.1, -0.05) is 43.6 Å². The number of benzene rings is 2. The number of hydrogen-bond acceptors (Lipinski definition) is 5. The first kappa shape index (κ1) is 22.8. The molecule has 0 atom stereocenters. The highest BCUT2D eigenvalue weighted by molar-refractivity contribution is 6.32. The number of aromatic hydroxyl groups is 1. The van der Waals surface area contributed by atoms with Crippen LogP contribution in [0.25, 0.3) is 22.5 Å². The first-order valence-electron chi connectivity index (χ1n) is 10.7. The Balaban J connectivity index is 1.62. The van der Waals surface area contributed by atoms with Gasteiger partial charge < -0.3 is 20.1 Å². The number of nitrogens with zero attached hydrogens (tertiary/aromatic N) is 2. The smallest absolute Gasteiger partial charge is 0.134 e. The quantitative estimate of drug-likeness (QED) is 0.318. The second-order valence-corrected chi connectivity index (χ2v) is 8.96. The van der Waals surface area contributed by atoms with Gasteiger partial charge in [-0.05, 0) is 42.0 Å². The summed E-state index contributed by atoms with van der Waals surface area (Å²) in [7, 11) is 1.67. The fourth-order valence-corrected chi connectivity index (χ4v) is 3.79. The lowest BCUT2D eigenvalue weighted by molar-refractivity contribution is 0.413. The molecule has 33 heavy (non-hydrogen) atoms. The van der Waals surface area contributed by atoms with E-state index in [1.165, 1.54) is 0 Å². The molecule has 4 rings (SSSR count). The number of hydrogen-bond donors (Lipinski definition) is 3. The zero-order chi connectivity index (χ0) is 23.4. The molecule has 0 spiro atoms. The average Bonchev–Trinajstić information content (AvgIpc) is 3.28. The molecule has 170 valence electrons. The lowest BCUT2D eigenvalue weighted by Crippen LogP contribution is -2.33. The van der Waals surface area contributed by atoms with Crippen molar-refractivity contribution in [2.75, 3.05) is 13.7 Å². The predicted molar refractivity (Wildman–Crippen MR) is 132 cm³/mol. The summed E-state index contributed by atoms with van der Waals surface area (Å²) in [5.41, 5.74) is 4.24. The highest BCUT2D eigenvalue weighted by atomic mass is 35.5. The molecule has 0 radical (unpaired) electrons. The number of ether oxygens (including phenoxy) is 1. The Morgan fingerprint density at radius 2 is 1.85 bits per heavy atom. The van der Waals surface area contributed by atoms with Crippen molar-refractivity contribution in [2.45, 2.75) is 25.8 Å². The minimum absolute atomic E-state index is 0.0265. The van der Waals surface area contributed by atoms with Crippen molar-refractivity contribution in [1.29, 1.82) is 0 Å². The Bertz CT molecular complexity index is 1240. The fourth-order valence-electron chi connectivity index (χ4n) is 3.68. The Hall–Kier alpha value is -3.35. The van der Waals surface area contributed by atoms with Crippen LogP contribution in [0.4, 0.5) is 0 Å². The van der Waals surface area contributed by atoms with Gasteiger partial charge in [-0.2, -0.15) is 0 Å². The van der Waals surface area contributed by atoms with Crippen molar-refractivity contribution in [3.05, 3.63) is 83.4 Å². The van der Waals surface area contributed by atoms with Gasteiger partial charge in [0.1, 0.15) is 17.3 Å². The van der Waals surface area contributed by atoms with E-state index >= 15 is 0 Å². The maximum Gasteiger partial charge on any atom is 0.134 e. The molecule has 2 heterocycles. The zero-order valence-electron chi connectivity index (χ0n) is 18.9. The molecular formula is C26H27ClN4O2. The third-order valence-electron chi connectivity index (χ3n) is 5.56. The van der Waals surface area contributed by atoms with Crippen molar-refractivity contribution in [3.63, 3.8) is 0 Å². The normalized spacial score (nSPS) is 11.5. The van der Waals surface area contributed by atoms with Crippen LogP contribution in [-0.2, 0) is 12.0 Å². The van der Waals surface area contributed by atoms with Crippen molar-refractivity contribution in [2.24, 2.45) is 0 Å². The van der Waals surface area contributed by atoms with Gasteiger partial charge in [0.15, 0.2) is 0 Å². The standard InChI is InChI=1S/C26H27ClN4O2/c1-26(2,16-29-15-17-5-4-6-20(13-17)33-3)25-30-23(18-9-11-28-12-10-18)24(31-25)19-7-8-21(27)22(32)14-19/h4-14,29,32H,15-16H2,1-3H3,(H,30,31). The van der Waals surface area contributed by atoms with Crippen LogP contribution in [0.1, 0.15) is 25.2 Å².